The molecule has 1 heterocycles. The highest BCUT2D eigenvalue weighted by Crippen LogP contribution is 2.50. The van der Waals surface area contributed by atoms with Gasteiger partial charge in [0.15, 0.2) is 0 Å². The average molecular weight is 226 g/mol. The lowest BCUT2D eigenvalue weighted by molar-refractivity contribution is 0.258. The van der Waals surface area contributed by atoms with Gasteiger partial charge in [-0.15, -0.1) is 0 Å². The molecule has 2 N–H and O–H groups in total. The van der Waals surface area contributed by atoms with Gasteiger partial charge in [-0.3, -0.25) is 0 Å². The van der Waals surface area contributed by atoms with Gasteiger partial charge in [-0.05, 0) is 30.1 Å². The molecule has 1 aliphatic carbocycles. The fourth-order valence-corrected chi connectivity index (χ4v) is 3.10. The molecule has 2 rings (SSSR count). The molecule has 0 aromatic carbocycles. The van der Waals surface area contributed by atoms with Gasteiger partial charge in [-0.1, -0.05) is 26.1 Å². The number of nitrogens with two attached hydrogens (primary N) is 1. The van der Waals surface area contributed by atoms with Crippen molar-refractivity contribution in [1.82, 2.24) is 4.90 Å². The molecule has 0 aromatic rings. The zero-order chi connectivity index (χ0) is 11.1. The Bertz CT molecular complexity index is 250. The fraction of sp³-hybridized carbons (Fsp3) is 0.917. The van der Waals surface area contributed by atoms with E-state index >= 15 is 0 Å². The topological polar surface area (TPSA) is 29.3 Å². The summed E-state index contributed by atoms with van der Waals surface area (Å²) in [6.45, 7) is 8.47. The number of rotatable bonds is 4. The third-order valence-corrected chi connectivity index (χ3v) is 4.27. The van der Waals surface area contributed by atoms with Crippen molar-refractivity contribution in [3.05, 3.63) is 0 Å². The van der Waals surface area contributed by atoms with Crippen LogP contribution in [-0.4, -0.2) is 29.5 Å². The molecule has 1 aliphatic heterocycles. The smallest absolute Gasteiger partial charge is 0.0733 e. The molecule has 3 heteroatoms. The van der Waals surface area contributed by atoms with Crippen molar-refractivity contribution in [2.45, 2.75) is 33.1 Å². The summed E-state index contributed by atoms with van der Waals surface area (Å²) in [5.74, 6) is 1.70. The zero-order valence-electron chi connectivity index (χ0n) is 9.83. The monoisotopic (exact) mass is 226 g/mol. The van der Waals surface area contributed by atoms with Gasteiger partial charge in [-0.25, -0.2) is 0 Å². The number of nitrogens with zero attached hydrogens (tertiary/aromatic N) is 1. The van der Waals surface area contributed by atoms with Gasteiger partial charge in [0.2, 0.25) is 0 Å². The first-order chi connectivity index (χ1) is 7.01. The average Bonchev–Trinajstić information content (AvgIpc) is 2.75. The van der Waals surface area contributed by atoms with E-state index in [9.17, 15) is 0 Å². The van der Waals surface area contributed by atoms with Gasteiger partial charge in [0.05, 0.1) is 4.99 Å². The highest BCUT2D eigenvalue weighted by molar-refractivity contribution is 7.80. The summed E-state index contributed by atoms with van der Waals surface area (Å²) in [4.78, 5) is 3.31. The highest BCUT2D eigenvalue weighted by atomic mass is 32.1. The fourth-order valence-electron chi connectivity index (χ4n) is 2.79. The maximum atomic E-state index is 5.66. The Hall–Kier alpha value is -0.150. The van der Waals surface area contributed by atoms with E-state index < -0.39 is 0 Å². The van der Waals surface area contributed by atoms with Crippen LogP contribution < -0.4 is 5.73 Å². The Kier molecular flexibility index (Phi) is 3.04. The molecule has 0 bridgehead atoms. The van der Waals surface area contributed by atoms with E-state index in [4.69, 9.17) is 18.0 Å². The first-order valence-electron chi connectivity index (χ1n) is 6.01. The van der Waals surface area contributed by atoms with Gasteiger partial charge < -0.3 is 10.6 Å². The SMILES string of the molecule is CC1CN(CC2(CC(N)=S)CC2)CC1C. The number of thiocarbonyl (C=S) groups is 1. The van der Waals surface area contributed by atoms with Crippen molar-refractivity contribution >= 4 is 17.2 Å². The first-order valence-corrected chi connectivity index (χ1v) is 6.42. The van der Waals surface area contributed by atoms with Crippen LogP contribution in [0.1, 0.15) is 33.1 Å². The molecular weight excluding hydrogens is 204 g/mol. The molecule has 2 atom stereocenters. The second-order valence-corrected chi connectivity index (χ2v) is 6.32. The molecule has 2 fully saturated rings. The van der Waals surface area contributed by atoms with Crippen LogP contribution in [0.3, 0.4) is 0 Å². The molecule has 2 unspecified atom stereocenters. The predicted octanol–water partition coefficient (Wildman–Crippen LogP) is 2.03. The number of hydrogen-bond donors (Lipinski definition) is 1. The molecule has 2 nitrogen and oxygen atoms in total. The maximum Gasteiger partial charge on any atom is 0.0733 e. The quantitative estimate of drug-likeness (QED) is 0.744. The summed E-state index contributed by atoms with van der Waals surface area (Å²) < 4.78 is 0. The standard InChI is InChI=1S/C12H22N2S/c1-9-6-14(7-10(9)2)8-12(3-4-12)5-11(13)15/h9-10H,3-8H2,1-2H3,(H2,13,15). The molecule has 1 saturated carbocycles. The lowest BCUT2D eigenvalue weighted by Gasteiger charge is -2.22. The third-order valence-electron chi connectivity index (χ3n) is 4.13. The summed E-state index contributed by atoms with van der Waals surface area (Å²) in [5, 5.41) is 0. The molecule has 86 valence electrons. The summed E-state index contributed by atoms with van der Waals surface area (Å²) in [6.07, 6.45) is 3.61. The molecule has 0 spiro atoms. The van der Waals surface area contributed by atoms with Crippen LogP contribution in [0.4, 0.5) is 0 Å². The van der Waals surface area contributed by atoms with E-state index in [0.717, 1.165) is 18.3 Å². The summed E-state index contributed by atoms with van der Waals surface area (Å²) >= 11 is 5.03. The third kappa shape index (κ3) is 2.70. The normalized spacial score (nSPS) is 34.3. The van der Waals surface area contributed by atoms with Gasteiger partial charge >= 0.3 is 0 Å². The maximum absolute atomic E-state index is 5.66. The van der Waals surface area contributed by atoms with E-state index in [2.05, 4.69) is 18.7 Å². The van der Waals surface area contributed by atoms with Crippen molar-refractivity contribution in [3.8, 4) is 0 Å². The Labute approximate surface area is 98.2 Å². The molecular formula is C12H22N2S. The molecule has 0 radical (unpaired) electrons. The van der Waals surface area contributed by atoms with Gasteiger partial charge in [0, 0.05) is 26.1 Å². The molecule has 2 aliphatic rings. The highest BCUT2D eigenvalue weighted by Gasteiger charge is 2.45. The van der Waals surface area contributed by atoms with E-state index in [-0.39, 0.29) is 0 Å². The Morgan fingerprint density at radius 1 is 1.33 bits per heavy atom. The van der Waals surface area contributed by atoms with Crippen LogP contribution in [0.5, 0.6) is 0 Å². The van der Waals surface area contributed by atoms with Crippen LogP contribution in [0.2, 0.25) is 0 Å². The second kappa shape index (κ2) is 4.02. The molecule has 0 amide bonds. The van der Waals surface area contributed by atoms with Crippen LogP contribution in [0.25, 0.3) is 0 Å². The van der Waals surface area contributed by atoms with Crippen LogP contribution >= 0.6 is 12.2 Å². The van der Waals surface area contributed by atoms with Crippen molar-refractivity contribution < 1.29 is 0 Å². The summed E-state index contributed by atoms with van der Waals surface area (Å²) in [6, 6.07) is 0. The van der Waals surface area contributed by atoms with Crippen LogP contribution in [0.15, 0.2) is 0 Å². The second-order valence-electron chi connectivity index (χ2n) is 5.79. The minimum Gasteiger partial charge on any atom is -0.393 e. The predicted molar refractivity (Wildman–Crippen MR) is 67.8 cm³/mol. The van der Waals surface area contributed by atoms with Crippen molar-refractivity contribution in [1.29, 1.82) is 0 Å². The van der Waals surface area contributed by atoms with E-state index in [1.165, 1.54) is 32.5 Å². The van der Waals surface area contributed by atoms with Crippen LogP contribution in [0, 0.1) is 17.3 Å². The van der Waals surface area contributed by atoms with Crippen molar-refractivity contribution in [2.75, 3.05) is 19.6 Å². The Morgan fingerprint density at radius 2 is 1.87 bits per heavy atom. The van der Waals surface area contributed by atoms with Gasteiger partial charge in [0.25, 0.3) is 0 Å². The molecule has 0 aromatic heterocycles. The molecule has 15 heavy (non-hydrogen) atoms. The minimum atomic E-state index is 0.468. The van der Waals surface area contributed by atoms with E-state index in [1.807, 2.05) is 0 Å². The summed E-state index contributed by atoms with van der Waals surface area (Å²) in [5.41, 5.74) is 6.13. The number of likely N-dealkylation sites (tertiary alicyclic amines) is 1. The first kappa shape index (κ1) is 11.3. The Morgan fingerprint density at radius 3 is 2.27 bits per heavy atom. The van der Waals surface area contributed by atoms with Gasteiger partial charge in [0.1, 0.15) is 0 Å². The lowest BCUT2D eigenvalue weighted by atomic mass is 10.0. The lowest BCUT2D eigenvalue weighted by Crippen LogP contribution is -2.31. The summed E-state index contributed by atoms with van der Waals surface area (Å²) in [7, 11) is 0. The van der Waals surface area contributed by atoms with E-state index in [1.54, 1.807) is 0 Å². The Balaban J connectivity index is 1.85. The minimum absolute atomic E-state index is 0.468. The van der Waals surface area contributed by atoms with Crippen molar-refractivity contribution in [3.63, 3.8) is 0 Å². The molecule has 1 saturated heterocycles. The van der Waals surface area contributed by atoms with Gasteiger partial charge in [-0.2, -0.15) is 0 Å². The zero-order valence-corrected chi connectivity index (χ0v) is 10.6. The number of hydrogen-bond acceptors (Lipinski definition) is 2. The largest absolute Gasteiger partial charge is 0.393 e. The van der Waals surface area contributed by atoms with Crippen LogP contribution in [-0.2, 0) is 0 Å². The van der Waals surface area contributed by atoms with Crippen molar-refractivity contribution in [2.24, 2.45) is 23.0 Å². The van der Waals surface area contributed by atoms with E-state index in [0.29, 0.717) is 10.4 Å².